The number of hydrogen-bond donors (Lipinski definition) is 2. The van der Waals surface area contributed by atoms with E-state index in [0.29, 0.717) is 0 Å². The average Bonchev–Trinajstić information content (AvgIpc) is 1.84. The summed E-state index contributed by atoms with van der Waals surface area (Å²) in [5.74, 6) is 0. The second-order valence-electron chi connectivity index (χ2n) is 2.58. The molecule has 42 valence electrons. The molecule has 2 nitrogen and oxygen atoms in total. The van der Waals surface area contributed by atoms with E-state index in [1.54, 1.807) is 0 Å². The molecule has 1 aliphatic heterocycles. The maximum atomic E-state index is 5.72. The molecule has 1 saturated heterocycles. The van der Waals surface area contributed by atoms with Crippen LogP contribution in [0.3, 0.4) is 0 Å². The van der Waals surface area contributed by atoms with Gasteiger partial charge in [-0.05, 0) is 19.9 Å². The Kier molecular flexibility index (Phi) is 1.05. The molecule has 0 aromatic carbocycles. The van der Waals surface area contributed by atoms with Crippen molar-refractivity contribution >= 4 is 0 Å². The molecule has 0 amide bonds. The van der Waals surface area contributed by atoms with E-state index in [4.69, 9.17) is 5.73 Å². The number of rotatable bonds is 0. The summed E-state index contributed by atoms with van der Waals surface area (Å²) in [5, 5.41) is 3.19. The van der Waals surface area contributed by atoms with E-state index in [-0.39, 0.29) is 5.54 Å². The van der Waals surface area contributed by atoms with Crippen molar-refractivity contribution in [1.82, 2.24) is 5.32 Å². The van der Waals surface area contributed by atoms with E-state index in [2.05, 4.69) is 12.2 Å². The standard InChI is InChI=1S/C5H12N2/c1-5(6)2-3-7-4-5/h7H,2-4,6H2,1H3/t5-/m0/s1. The van der Waals surface area contributed by atoms with Gasteiger partial charge in [-0.1, -0.05) is 0 Å². The third-order valence-electron chi connectivity index (χ3n) is 1.40. The molecule has 0 saturated carbocycles. The Balaban J connectivity index is 2.40. The molecule has 0 spiro atoms. The highest BCUT2D eigenvalue weighted by atomic mass is 15.0. The van der Waals surface area contributed by atoms with Gasteiger partial charge in [0.2, 0.25) is 0 Å². The minimum atomic E-state index is 0.0833. The van der Waals surface area contributed by atoms with E-state index in [1.807, 2.05) is 0 Å². The van der Waals surface area contributed by atoms with Crippen molar-refractivity contribution in [3.05, 3.63) is 0 Å². The van der Waals surface area contributed by atoms with Crippen LogP contribution in [0.2, 0.25) is 0 Å². The fourth-order valence-electron chi connectivity index (χ4n) is 0.836. The van der Waals surface area contributed by atoms with Crippen LogP contribution in [-0.2, 0) is 0 Å². The fraction of sp³-hybridized carbons (Fsp3) is 1.00. The molecule has 1 heterocycles. The second-order valence-corrected chi connectivity index (χ2v) is 2.58. The Morgan fingerprint density at radius 1 is 1.71 bits per heavy atom. The molecule has 0 aromatic heterocycles. The first-order valence-electron chi connectivity index (χ1n) is 2.70. The zero-order valence-corrected chi connectivity index (χ0v) is 4.70. The van der Waals surface area contributed by atoms with Gasteiger partial charge in [0.25, 0.3) is 0 Å². The van der Waals surface area contributed by atoms with Gasteiger partial charge in [-0.25, -0.2) is 0 Å². The monoisotopic (exact) mass is 100 g/mol. The van der Waals surface area contributed by atoms with Crippen LogP contribution < -0.4 is 11.1 Å². The zero-order valence-electron chi connectivity index (χ0n) is 4.70. The summed E-state index contributed by atoms with van der Waals surface area (Å²) in [5.41, 5.74) is 5.80. The van der Waals surface area contributed by atoms with Gasteiger partial charge in [0, 0.05) is 12.1 Å². The van der Waals surface area contributed by atoms with Gasteiger partial charge in [0.1, 0.15) is 0 Å². The first-order valence-corrected chi connectivity index (χ1v) is 2.70. The van der Waals surface area contributed by atoms with Crippen LogP contribution in [0.25, 0.3) is 0 Å². The molecule has 1 rings (SSSR count). The summed E-state index contributed by atoms with van der Waals surface area (Å²) in [7, 11) is 0. The van der Waals surface area contributed by atoms with Crippen molar-refractivity contribution < 1.29 is 0 Å². The topological polar surface area (TPSA) is 38.0 Å². The molecular weight excluding hydrogens is 88.1 g/mol. The van der Waals surface area contributed by atoms with E-state index in [0.717, 1.165) is 19.5 Å². The van der Waals surface area contributed by atoms with Gasteiger partial charge < -0.3 is 11.1 Å². The molecule has 7 heavy (non-hydrogen) atoms. The largest absolute Gasteiger partial charge is 0.324 e. The summed E-state index contributed by atoms with van der Waals surface area (Å²) in [4.78, 5) is 0. The molecule has 0 radical (unpaired) electrons. The SMILES string of the molecule is C[C@]1(N)CCNC1. The first kappa shape index (κ1) is 5.06. The Morgan fingerprint density at radius 2 is 2.43 bits per heavy atom. The van der Waals surface area contributed by atoms with Gasteiger partial charge in [-0.15, -0.1) is 0 Å². The summed E-state index contributed by atoms with van der Waals surface area (Å²) in [6.07, 6.45) is 1.12. The molecule has 0 aliphatic carbocycles. The molecule has 1 aliphatic rings. The predicted molar refractivity (Wildman–Crippen MR) is 30.1 cm³/mol. The Hall–Kier alpha value is -0.0800. The third kappa shape index (κ3) is 1.14. The number of hydrogen-bond acceptors (Lipinski definition) is 2. The average molecular weight is 100 g/mol. The minimum Gasteiger partial charge on any atom is -0.324 e. The lowest BCUT2D eigenvalue weighted by atomic mass is 10.0. The van der Waals surface area contributed by atoms with E-state index < -0.39 is 0 Å². The Labute approximate surface area is 44.1 Å². The van der Waals surface area contributed by atoms with E-state index in [1.165, 1.54) is 0 Å². The lowest BCUT2D eigenvalue weighted by molar-refractivity contribution is 0.519. The highest BCUT2D eigenvalue weighted by Crippen LogP contribution is 2.07. The van der Waals surface area contributed by atoms with Gasteiger partial charge in [0.15, 0.2) is 0 Å². The van der Waals surface area contributed by atoms with Crippen LogP contribution in [0.5, 0.6) is 0 Å². The van der Waals surface area contributed by atoms with Crippen LogP contribution in [0.4, 0.5) is 0 Å². The lowest BCUT2D eigenvalue weighted by Gasteiger charge is -2.13. The predicted octanol–water partition coefficient (Wildman–Crippen LogP) is -0.303. The molecule has 0 unspecified atom stereocenters. The summed E-state index contributed by atoms with van der Waals surface area (Å²) in [6, 6.07) is 0. The molecule has 0 aromatic rings. The van der Waals surface area contributed by atoms with E-state index in [9.17, 15) is 0 Å². The summed E-state index contributed by atoms with van der Waals surface area (Å²) in [6.45, 7) is 4.15. The van der Waals surface area contributed by atoms with Crippen molar-refractivity contribution in [2.75, 3.05) is 13.1 Å². The molecule has 2 heteroatoms. The van der Waals surface area contributed by atoms with Gasteiger partial charge in [0.05, 0.1) is 0 Å². The second kappa shape index (κ2) is 1.46. The van der Waals surface area contributed by atoms with Crippen LogP contribution in [-0.4, -0.2) is 18.6 Å². The highest BCUT2D eigenvalue weighted by Gasteiger charge is 2.22. The van der Waals surface area contributed by atoms with Crippen molar-refractivity contribution in [3.63, 3.8) is 0 Å². The zero-order chi connectivity index (χ0) is 5.33. The molecule has 3 N–H and O–H groups in total. The van der Waals surface area contributed by atoms with Crippen LogP contribution in [0.1, 0.15) is 13.3 Å². The van der Waals surface area contributed by atoms with Crippen LogP contribution in [0.15, 0.2) is 0 Å². The third-order valence-corrected chi connectivity index (χ3v) is 1.40. The van der Waals surface area contributed by atoms with Gasteiger partial charge in [-0.3, -0.25) is 0 Å². The highest BCUT2D eigenvalue weighted by molar-refractivity contribution is 4.87. The quantitative estimate of drug-likeness (QED) is 0.438. The van der Waals surface area contributed by atoms with Gasteiger partial charge >= 0.3 is 0 Å². The molecule has 1 fully saturated rings. The number of nitrogens with two attached hydrogens (primary N) is 1. The Morgan fingerprint density at radius 3 is 2.57 bits per heavy atom. The Bertz CT molecular complexity index is 60.5. The fourth-order valence-corrected chi connectivity index (χ4v) is 0.836. The molecular formula is C5H12N2. The molecule has 0 bridgehead atoms. The number of nitrogens with one attached hydrogen (secondary N) is 1. The smallest absolute Gasteiger partial charge is 0.0264 e. The maximum Gasteiger partial charge on any atom is 0.0264 e. The van der Waals surface area contributed by atoms with Crippen LogP contribution >= 0.6 is 0 Å². The minimum absolute atomic E-state index is 0.0833. The molecule has 1 atom stereocenters. The summed E-state index contributed by atoms with van der Waals surface area (Å²) >= 11 is 0. The van der Waals surface area contributed by atoms with E-state index >= 15 is 0 Å². The van der Waals surface area contributed by atoms with Crippen molar-refractivity contribution in [2.24, 2.45) is 5.73 Å². The summed E-state index contributed by atoms with van der Waals surface area (Å²) < 4.78 is 0. The van der Waals surface area contributed by atoms with Crippen LogP contribution in [0, 0.1) is 0 Å². The maximum absolute atomic E-state index is 5.72. The first-order chi connectivity index (χ1) is 3.21. The lowest BCUT2D eigenvalue weighted by Crippen LogP contribution is -2.37. The van der Waals surface area contributed by atoms with Gasteiger partial charge in [-0.2, -0.15) is 0 Å². The van der Waals surface area contributed by atoms with Crippen molar-refractivity contribution in [2.45, 2.75) is 18.9 Å². The van der Waals surface area contributed by atoms with Crippen molar-refractivity contribution in [1.29, 1.82) is 0 Å². The van der Waals surface area contributed by atoms with Crippen molar-refractivity contribution in [3.8, 4) is 0 Å². The normalized spacial score (nSPS) is 42.0.